The molecule has 130 valence electrons. The van der Waals surface area contributed by atoms with Crippen LogP contribution in [0.15, 0.2) is 42.8 Å². The molecule has 25 heavy (non-hydrogen) atoms. The molecule has 1 unspecified atom stereocenters. The summed E-state index contributed by atoms with van der Waals surface area (Å²) in [4.78, 5) is 10.4. The van der Waals surface area contributed by atoms with Gasteiger partial charge in [-0.1, -0.05) is 30.8 Å². The minimum Gasteiger partial charge on any atom is -0.534 e. The number of hydrogen-bond donors (Lipinski definition) is 1. The maximum absolute atomic E-state index is 5.93. The number of benzene rings is 1. The molecule has 0 saturated carbocycles. The number of nitrogens with one attached hydrogen (secondary N) is 1. The first kappa shape index (κ1) is 16.4. The van der Waals surface area contributed by atoms with E-state index in [-0.39, 0.29) is 7.12 Å². The Kier molecular flexibility index (Phi) is 3.97. The summed E-state index contributed by atoms with van der Waals surface area (Å²) in [6.45, 7) is 9.00. The third-order valence-electron chi connectivity index (χ3n) is 5.25. The molecule has 0 spiro atoms. The highest BCUT2D eigenvalue weighted by Crippen LogP contribution is 2.31. The van der Waals surface area contributed by atoms with E-state index >= 15 is 0 Å². The van der Waals surface area contributed by atoms with Crippen molar-refractivity contribution in [3.8, 4) is 11.3 Å². The summed E-state index contributed by atoms with van der Waals surface area (Å²) in [6.07, 6.45) is 4.32. The second kappa shape index (κ2) is 6.04. The van der Waals surface area contributed by atoms with Crippen LogP contribution in [0, 0.1) is 0 Å². The lowest BCUT2D eigenvalue weighted by atomic mass is 9.79. The lowest BCUT2D eigenvalue weighted by molar-refractivity contribution is 0.173. The number of H-pyrrole nitrogens is 1. The fourth-order valence-corrected chi connectivity index (χ4v) is 3.49. The van der Waals surface area contributed by atoms with E-state index in [1.165, 1.54) is 12.8 Å². The Balaban J connectivity index is 1.51. The Morgan fingerprint density at radius 1 is 1.32 bits per heavy atom. The van der Waals surface area contributed by atoms with Crippen molar-refractivity contribution in [1.29, 1.82) is 0 Å². The molecule has 0 aliphatic carbocycles. The van der Waals surface area contributed by atoms with Crippen LogP contribution in [0.3, 0.4) is 0 Å². The van der Waals surface area contributed by atoms with E-state index in [2.05, 4.69) is 40.6 Å². The van der Waals surface area contributed by atoms with Gasteiger partial charge < -0.3 is 14.3 Å². The number of hydrogen-bond acceptors (Lipinski definition) is 4. The summed E-state index contributed by atoms with van der Waals surface area (Å²) in [6, 6.07) is 8.63. The van der Waals surface area contributed by atoms with Crippen LogP contribution >= 0.6 is 0 Å². The summed E-state index contributed by atoms with van der Waals surface area (Å²) < 4.78 is 11.7. The first-order chi connectivity index (χ1) is 11.9. The van der Waals surface area contributed by atoms with Gasteiger partial charge in [0.15, 0.2) is 0 Å². The van der Waals surface area contributed by atoms with Gasteiger partial charge in [-0.25, -0.2) is 4.98 Å². The van der Waals surface area contributed by atoms with Crippen LogP contribution in [0.25, 0.3) is 11.3 Å². The van der Waals surface area contributed by atoms with Crippen molar-refractivity contribution in [2.24, 2.45) is 0 Å². The molecule has 1 aromatic carbocycles. The Morgan fingerprint density at radius 2 is 2.08 bits per heavy atom. The minimum absolute atomic E-state index is 0.388. The molecule has 2 saturated heterocycles. The van der Waals surface area contributed by atoms with Crippen molar-refractivity contribution in [1.82, 2.24) is 14.9 Å². The van der Waals surface area contributed by atoms with Gasteiger partial charge in [0, 0.05) is 0 Å². The van der Waals surface area contributed by atoms with Crippen LogP contribution in [0.2, 0.25) is 0 Å². The standard InChI is InChI=1S/C19H24BN3O2/c1-13-19(2,3)25-20(24-13)15-9-7-14(8-10-15)16-12-21-18(22-16)17-6-5-11-23(17)4/h7-10,12,17H,1,5-6,11H2,2-4H3,(H,21,22). The van der Waals surface area contributed by atoms with E-state index in [0.717, 1.165) is 29.1 Å². The van der Waals surface area contributed by atoms with Crippen LogP contribution in [0.5, 0.6) is 0 Å². The Labute approximate surface area is 149 Å². The van der Waals surface area contributed by atoms with Gasteiger partial charge in [-0.2, -0.15) is 0 Å². The summed E-state index contributed by atoms with van der Waals surface area (Å²) in [5, 5.41) is 0. The Morgan fingerprint density at radius 3 is 2.68 bits per heavy atom. The predicted octanol–water partition coefficient (Wildman–Crippen LogP) is 2.88. The summed E-state index contributed by atoms with van der Waals surface area (Å²) in [5.41, 5.74) is 2.69. The molecule has 5 nitrogen and oxygen atoms in total. The molecule has 0 bridgehead atoms. The number of likely N-dealkylation sites (tertiary alicyclic amines) is 1. The van der Waals surface area contributed by atoms with Crippen molar-refractivity contribution in [3.05, 3.63) is 48.6 Å². The van der Waals surface area contributed by atoms with E-state index in [1.807, 2.05) is 32.2 Å². The van der Waals surface area contributed by atoms with E-state index in [4.69, 9.17) is 9.31 Å². The van der Waals surface area contributed by atoms with Crippen LogP contribution in [0.1, 0.15) is 38.6 Å². The molecule has 2 aromatic rings. The average Bonchev–Trinajstić information content (AvgIpc) is 3.28. The highest BCUT2D eigenvalue weighted by Gasteiger charge is 2.42. The molecular weight excluding hydrogens is 313 g/mol. The number of rotatable bonds is 3. The highest BCUT2D eigenvalue weighted by atomic mass is 16.7. The van der Waals surface area contributed by atoms with Crippen molar-refractivity contribution in [3.63, 3.8) is 0 Å². The topological polar surface area (TPSA) is 50.4 Å². The summed E-state index contributed by atoms with van der Waals surface area (Å²) >= 11 is 0. The number of aromatic nitrogens is 2. The average molecular weight is 337 g/mol. The Bertz CT molecular complexity index is 784. The fourth-order valence-electron chi connectivity index (χ4n) is 3.49. The van der Waals surface area contributed by atoms with Crippen LogP contribution in [-0.2, 0) is 9.31 Å². The molecule has 2 aliphatic heterocycles. The van der Waals surface area contributed by atoms with Gasteiger partial charge in [-0.15, -0.1) is 0 Å². The number of nitrogens with zero attached hydrogens (tertiary/aromatic N) is 2. The number of aromatic amines is 1. The van der Waals surface area contributed by atoms with E-state index < -0.39 is 5.60 Å². The predicted molar refractivity (Wildman–Crippen MR) is 99.4 cm³/mol. The molecule has 1 aromatic heterocycles. The fraction of sp³-hybridized carbons (Fsp3) is 0.421. The third-order valence-corrected chi connectivity index (χ3v) is 5.25. The van der Waals surface area contributed by atoms with Crippen molar-refractivity contribution in [2.45, 2.75) is 38.3 Å². The van der Waals surface area contributed by atoms with E-state index in [1.54, 1.807) is 0 Å². The minimum atomic E-state index is -0.449. The van der Waals surface area contributed by atoms with E-state index in [9.17, 15) is 0 Å². The molecule has 6 heteroatoms. The van der Waals surface area contributed by atoms with Gasteiger partial charge in [0.05, 0.1) is 23.7 Å². The monoisotopic (exact) mass is 337 g/mol. The molecule has 4 rings (SSSR count). The zero-order valence-corrected chi connectivity index (χ0v) is 15.1. The zero-order chi connectivity index (χ0) is 17.6. The first-order valence-electron chi connectivity index (χ1n) is 8.83. The quantitative estimate of drug-likeness (QED) is 0.875. The van der Waals surface area contributed by atoms with E-state index in [0.29, 0.717) is 11.8 Å². The molecular formula is C19H24BN3O2. The summed E-state index contributed by atoms with van der Waals surface area (Å²) in [5.74, 6) is 1.72. The van der Waals surface area contributed by atoms with Crippen LogP contribution in [0.4, 0.5) is 0 Å². The second-order valence-electron chi connectivity index (χ2n) is 7.44. The van der Waals surface area contributed by atoms with Crippen LogP contribution in [-0.4, -0.2) is 41.2 Å². The van der Waals surface area contributed by atoms with Gasteiger partial charge in [0.2, 0.25) is 0 Å². The largest absolute Gasteiger partial charge is 0.563 e. The maximum atomic E-state index is 5.93. The summed E-state index contributed by atoms with van der Waals surface area (Å²) in [7, 11) is 1.77. The molecule has 3 heterocycles. The number of imidazole rings is 1. The molecule has 2 aliphatic rings. The van der Waals surface area contributed by atoms with Crippen LogP contribution < -0.4 is 5.46 Å². The van der Waals surface area contributed by atoms with Gasteiger partial charge in [-0.05, 0) is 51.3 Å². The third kappa shape index (κ3) is 3.00. The highest BCUT2D eigenvalue weighted by molar-refractivity contribution is 6.62. The second-order valence-corrected chi connectivity index (χ2v) is 7.44. The maximum Gasteiger partial charge on any atom is 0.563 e. The Hall–Kier alpha value is -2.05. The zero-order valence-electron chi connectivity index (χ0n) is 15.1. The smallest absolute Gasteiger partial charge is 0.534 e. The van der Waals surface area contributed by atoms with Gasteiger partial charge >= 0.3 is 7.12 Å². The molecule has 1 atom stereocenters. The lowest BCUT2D eigenvalue weighted by Gasteiger charge is -2.16. The van der Waals surface area contributed by atoms with Crippen molar-refractivity contribution in [2.75, 3.05) is 13.6 Å². The molecule has 1 N–H and O–H groups in total. The molecule has 0 radical (unpaired) electrons. The first-order valence-corrected chi connectivity index (χ1v) is 8.83. The SMILES string of the molecule is C=C1OB(c2ccc(-c3cnc(C4CCCN4C)[nH]3)cc2)OC1(C)C. The van der Waals surface area contributed by atoms with Crippen molar-refractivity contribution < 1.29 is 9.31 Å². The van der Waals surface area contributed by atoms with Crippen molar-refractivity contribution >= 4 is 12.6 Å². The normalized spacial score (nSPS) is 23.2. The molecule has 0 amide bonds. The van der Waals surface area contributed by atoms with Gasteiger partial charge in [-0.3, -0.25) is 4.90 Å². The molecule has 2 fully saturated rings. The lowest BCUT2D eigenvalue weighted by Crippen LogP contribution is -2.34. The van der Waals surface area contributed by atoms with Gasteiger partial charge in [0.1, 0.15) is 11.4 Å². The van der Waals surface area contributed by atoms with Gasteiger partial charge in [0.25, 0.3) is 0 Å².